The number of phenols is 1. The van der Waals surface area contributed by atoms with Gasteiger partial charge < -0.3 is 15.3 Å². The van der Waals surface area contributed by atoms with Crippen molar-refractivity contribution in [2.24, 2.45) is 0 Å². The average molecular weight is 337 g/mol. The molecular formula is C19H19N3OS. The molecule has 0 saturated carbocycles. The van der Waals surface area contributed by atoms with Crippen LogP contribution in [0.1, 0.15) is 12.8 Å². The van der Waals surface area contributed by atoms with E-state index in [4.69, 9.17) is 0 Å². The SMILES string of the molecule is Oc1ccc(Nc2nc(-c3ccc(N4CCCC4)cc3)cs2)cc1. The zero-order valence-corrected chi connectivity index (χ0v) is 14.1. The number of phenolic OH excluding ortho intramolecular Hbond substituents is 1. The second-order valence-corrected chi connectivity index (χ2v) is 6.81. The molecule has 0 spiro atoms. The highest BCUT2D eigenvalue weighted by atomic mass is 32.1. The number of thiazole rings is 1. The quantitative estimate of drug-likeness (QED) is 0.668. The van der Waals surface area contributed by atoms with Crippen molar-refractivity contribution in [1.82, 2.24) is 4.98 Å². The second kappa shape index (κ2) is 6.53. The first-order valence-corrected chi connectivity index (χ1v) is 9.03. The normalized spacial score (nSPS) is 14.1. The van der Waals surface area contributed by atoms with E-state index in [1.165, 1.54) is 18.5 Å². The summed E-state index contributed by atoms with van der Waals surface area (Å²) in [4.78, 5) is 7.09. The van der Waals surface area contributed by atoms with Crippen molar-refractivity contribution in [3.63, 3.8) is 0 Å². The van der Waals surface area contributed by atoms with Gasteiger partial charge in [-0.05, 0) is 49.2 Å². The summed E-state index contributed by atoms with van der Waals surface area (Å²) in [6, 6.07) is 15.7. The summed E-state index contributed by atoms with van der Waals surface area (Å²) in [5, 5.41) is 15.5. The highest BCUT2D eigenvalue weighted by molar-refractivity contribution is 7.14. The van der Waals surface area contributed by atoms with Crippen LogP contribution >= 0.6 is 11.3 Å². The van der Waals surface area contributed by atoms with E-state index in [1.807, 2.05) is 12.1 Å². The maximum atomic E-state index is 9.33. The Bertz CT molecular complexity index is 805. The van der Waals surface area contributed by atoms with E-state index in [0.717, 1.165) is 35.2 Å². The zero-order valence-electron chi connectivity index (χ0n) is 13.3. The number of nitrogens with one attached hydrogen (secondary N) is 1. The molecule has 0 atom stereocenters. The summed E-state index contributed by atoms with van der Waals surface area (Å²) in [5.41, 5.74) is 4.33. The van der Waals surface area contributed by atoms with Crippen molar-refractivity contribution in [3.05, 3.63) is 53.9 Å². The fourth-order valence-corrected chi connectivity index (χ4v) is 3.69. The minimum absolute atomic E-state index is 0.262. The highest BCUT2D eigenvalue weighted by Crippen LogP contribution is 2.29. The molecule has 0 radical (unpaired) electrons. The molecule has 1 saturated heterocycles. The summed E-state index contributed by atoms with van der Waals surface area (Å²) >= 11 is 1.58. The van der Waals surface area contributed by atoms with E-state index in [0.29, 0.717) is 0 Å². The predicted octanol–water partition coefficient (Wildman–Crippen LogP) is 4.86. The van der Waals surface area contributed by atoms with E-state index in [9.17, 15) is 5.11 Å². The monoisotopic (exact) mass is 337 g/mol. The van der Waals surface area contributed by atoms with Crippen LogP contribution in [-0.2, 0) is 0 Å². The van der Waals surface area contributed by atoms with Crippen LogP contribution in [0, 0.1) is 0 Å². The van der Waals surface area contributed by atoms with Crippen LogP contribution in [0.4, 0.5) is 16.5 Å². The molecule has 1 aromatic heterocycles. The summed E-state index contributed by atoms with van der Waals surface area (Å²) in [6.45, 7) is 2.33. The van der Waals surface area contributed by atoms with Gasteiger partial charge in [-0.1, -0.05) is 12.1 Å². The van der Waals surface area contributed by atoms with Crippen LogP contribution in [0.3, 0.4) is 0 Å². The lowest BCUT2D eigenvalue weighted by Gasteiger charge is -2.17. The lowest BCUT2D eigenvalue weighted by molar-refractivity contribution is 0.475. The van der Waals surface area contributed by atoms with Gasteiger partial charge in [0.15, 0.2) is 5.13 Å². The van der Waals surface area contributed by atoms with Gasteiger partial charge in [0.25, 0.3) is 0 Å². The van der Waals surface area contributed by atoms with Crippen LogP contribution in [-0.4, -0.2) is 23.2 Å². The Balaban J connectivity index is 1.48. The third-order valence-corrected chi connectivity index (χ3v) is 5.01. The molecule has 3 aromatic rings. The topological polar surface area (TPSA) is 48.4 Å². The Morgan fingerprint density at radius 2 is 1.67 bits per heavy atom. The van der Waals surface area contributed by atoms with Gasteiger partial charge in [-0.25, -0.2) is 4.98 Å². The number of nitrogens with zero attached hydrogens (tertiary/aromatic N) is 2. The third kappa shape index (κ3) is 3.21. The van der Waals surface area contributed by atoms with Crippen molar-refractivity contribution in [3.8, 4) is 17.0 Å². The molecule has 1 aliphatic rings. The van der Waals surface area contributed by atoms with Gasteiger partial charge in [-0.3, -0.25) is 0 Å². The summed E-state index contributed by atoms with van der Waals surface area (Å²) in [6.07, 6.45) is 2.58. The van der Waals surface area contributed by atoms with Gasteiger partial charge in [0.05, 0.1) is 5.69 Å². The van der Waals surface area contributed by atoms with Crippen LogP contribution in [0.25, 0.3) is 11.3 Å². The fourth-order valence-electron chi connectivity index (χ4n) is 2.95. The standard InChI is InChI=1S/C19H19N3OS/c23-17-9-5-15(6-10-17)20-19-21-18(13-24-19)14-3-7-16(8-4-14)22-11-1-2-12-22/h3-10,13,23H,1-2,11-12H2,(H,20,21). The Hall–Kier alpha value is -2.53. The average Bonchev–Trinajstić information content (AvgIpc) is 3.29. The molecule has 0 amide bonds. The number of anilines is 3. The fraction of sp³-hybridized carbons (Fsp3) is 0.211. The van der Waals surface area contributed by atoms with Gasteiger partial charge in [0, 0.05) is 35.4 Å². The van der Waals surface area contributed by atoms with Crippen LogP contribution in [0.2, 0.25) is 0 Å². The van der Waals surface area contributed by atoms with Gasteiger partial charge in [0.1, 0.15) is 5.75 Å². The van der Waals surface area contributed by atoms with E-state index < -0.39 is 0 Å². The highest BCUT2D eigenvalue weighted by Gasteiger charge is 2.12. The number of aromatic nitrogens is 1. The van der Waals surface area contributed by atoms with E-state index >= 15 is 0 Å². The first-order chi connectivity index (χ1) is 11.8. The second-order valence-electron chi connectivity index (χ2n) is 5.95. The smallest absolute Gasteiger partial charge is 0.187 e. The number of hydrogen-bond donors (Lipinski definition) is 2. The molecule has 4 rings (SSSR count). The molecule has 24 heavy (non-hydrogen) atoms. The summed E-state index contributed by atoms with van der Waals surface area (Å²) in [5.74, 6) is 0.262. The van der Waals surface area contributed by atoms with Gasteiger partial charge >= 0.3 is 0 Å². The first kappa shape index (κ1) is 15.0. The lowest BCUT2D eigenvalue weighted by Crippen LogP contribution is -2.17. The van der Waals surface area contributed by atoms with Gasteiger partial charge in [0.2, 0.25) is 0 Å². The van der Waals surface area contributed by atoms with Crippen molar-refractivity contribution in [2.75, 3.05) is 23.3 Å². The van der Waals surface area contributed by atoms with E-state index in [-0.39, 0.29) is 5.75 Å². The van der Waals surface area contributed by atoms with Crippen molar-refractivity contribution in [1.29, 1.82) is 0 Å². The Labute approximate surface area is 145 Å². The summed E-state index contributed by atoms with van der Waals surface area (Å²) in [7, 11) is 0. The molecule has 2 heterocycles. The molecule has 5 heteroatoms. The molecule has 0 bridgehead atoms. The van der Waals surface area contributed by atoms with Crippen molar-refractivity contribution < 1.29 is 5.11 Å². The lowest BCUT2D eigenvalue weighted by atomic mass is 10.1. The third-order valence-electron chi connectivity index (χ3n) is 4.26. The van der Waals surface area contributed by atoms with Crippen LogP contribution in [0.15, 0.2) is 53.9 Å². The van der Waals surface area contributed by atoms with Gasteiger partial charge in [-0.2, -0.15) is 0 Å². The molecule has 4 nitrogen and oxygen atoms in total. The Kier molecular flexibility index (Phi) is 4.09. The molecule has 0 aliphatic carbocycles. The van der Waals surface area contributed by atoms with Crippen LogP contribution in [0.5, 0.6) is 5.75 Å². The van der Waals surface area contributed by atoms with Crippen molar-refractivity contribution in [2.45, 2.75) is 12.8 Å². The Morgan fingerprint density at radius 3 is 2.38 bits per heavy atom. The first-order valence-electron chi connectivity index (χ1n) is 8.15. The molecule has 1 aliphatic heterocycles. The minimum atomic E-state index is 0.262. The zero-order chi connectivity index (χ0) is 16.4. The van der Waals surface area contributed by atoms with Gasteiger partial charge in [-0.15, -0.1) is 11.3 Å². The largest absolute Gasteiger partial charge is 0.508 e. The molecule has 122 valence electrons. The predicted molar refractivity (Wildman–Crippen MR) is 100 cm³/mol. The van der Waals surface area contributed by atoms with E-state index in [2.05, 4.69) is 44.8 Å². The maximum Gasteiger partial charge on any atom is 0.187 e. The van der Waals surface area contributed by atoms with E-state index in [1.54, 1.807) is 23.5 Å². The number of aromatic hydroxyl groups is 1. The molecule has 0 unspecified atom stereocenters. The molecule has 2 N–H and O–H groups in total. The Morgan fingerprint density at radius 1 is 0.958 bits per heavy atom. The number of hydrogen-bond acceptors (Lipinski definition) is 5. The molecule has 1 fully saturated rings. The van der Waals surface area contributed by atoms with Crippen LogP contribution < -0.4 is 10.2 Å². The number of rotatable bonds is 4. The maximum absolute atomic E-state index is 9.33. The minimum Gasteiger partial charge on any atom is -0.508 e. The molecule has 2 aromatic carbocycles. The summed E-state index contributed by atoms with van der Waals surface area (Å²) < 4.78 is 0. The molecular weight excluding hydrogens is 318 g/mol. The number of benzene rings is 2. The van der Waals surface area contributed by atoms with Crippen molar-refractivity contribution >= 4 is 27.8 Å².